The van der Waals surface area contributed by atoms with Crippen LogP contribution in [0.15, 0.2) is 30.3 Å². The van der Waals surface area contributed by atoms with E-state index < -0.39 is 10.2 Å². The van der Waals surface area contributed by atoms with Crippen LogP contribution in [0.1, 0.15) is 25.3 Å². The summed E-state index contributed by atoms with van der Waals surface area (Å²) in [6.45, 7) is 2.97. The topological polar surface area (TPSA) is 75.4 Å². The third-order valence-corrected chi connectivity index (χ3v) is 5.22. The van der Waals surface area contributed by atoms with Crippen molar-refractivity contribution in [3.8, 4) is 0 Å². The Bertz CT molecular complexity index is 520. The van der Waals surface area contributed by atoms with Crippen LogP contribution in [-0.4, -0.2) is 31.9 Å². The summed E-state index contributed by atoms with van der Waals surface area (Å²) >= 11 is 0. The second kappa shape index (κ2) is 8.10. The molecular weight excluding hydrogens is 310 g/mol. The summed E-state index contributed by atoms with van der Waals surface area (Å²) in [6, 6.07) is 9.52. The lowest BCUT2D eigenvalue weighted by Crippen LogP contribution is -2.45. The Hall–Kier alpha value is -0.660. The second-order valence-electron chi connectivity index (χ2n) is 5.27. The van der Waals surface area contributed by atoms with Crippen molar-refractivity contribution in [2.75, 3.05) is 13.1 Å². The molecule has 0 amide bonds. The van der Waals surface area contributed by atoms with Crippen molar-refractivity contribution >= 4 is 22.6 Å². The van der Waals surface area contributed by atoms with Crippen LogP contribution < -0.4 is 10.5 Å². The molecule has 0 saturated heterocycles. The molecule has 1 fully saturated rings. The lowest BCUT2D eigenvalue weighted by molar-refractivity contribution is 0.410. The van der Waals surface area contributed by atoms with Gasteiger partial charge in [-0.15, -0.1) is 12.4 Å². The maximum Gasteiger partial charge on any atom is 0.279 e. The van der Waals surface area contributed by atoms with Gasteiger partial charge in [0.2, 0.25) is 0 Å². The van der Waals surface area contributed by atoms with Crippen LogP contribution in [-0.2, 0) is 16.8 Å². The number of hydrogen-bond donors (Lipinski definition) is 2. The molecule has 5 nitrogen and oxygen atoms in total. The Kier molecular flexibility index (Phi) is 7.09. The van der Waals surface area contributed by atoms with Crippen LogP contribution in [0.25, 0.3) is 0 Å². The highest BCUT2D eigenvalue weighted by atomic mass is 35.5. The molecule has 0 aliphatic heterocycles. The summed E-state index contributed by atoms with van der Waals surface area (Å²) in [4.78, 5) is 0. The van der Waals surface area contributed by atoms with Crippen molar-refractivity contribution in [1.82, 2.24) is 9.03 Å². The molecule has 0 aromatic heterocycles. The predicted molar refractivity (Wildman–Crippen MR) is 87.4 cm³/mol. The number of nitrogens with two attached hydrogens (primary N) is 1. The van der Waals surface area contributed by atoms with Crippen molar-refractivity contribution in [2.24, 2.45) is 11.7 Å². The van der Waals surface area contributed by atoms with Crippen molar-refractivity contribution in [2.45, 2.75) is 32.4 Å². The highest BCUT2D eigenvalue weighted by Crippen LogP contribution is 2.31. The van der Waals surface area contributed by atoms with Gasteiger partial charge in [-0.25, -0.2) is 4.72 Å². The van der Waals surface area contributed by atoms with Gasteiger partial charge in [-0.1, -0.05) is 37.3 Å². The third kappa shape index (κ3) is 5.56. The minimum Gasteiger partial charge on any atom is -0.326 e. The molecule has 1 aromatic rings. The number of nitrogens with zero attached hydrogens (tertiary/aromatic N) is 1. The molecule has 1 aromatic carbocycles. The maximum atomic E-state index is 12.3. The fourth-order valence-electron chi connectivity index (χ4n) is 2.14. The normalized spacial score (nSPS) is 16.5. The average molecular weight is 334 g/mol. The zero-order valence-electron chi connectivity index (χ0n) is 12.2. The summed E-state index contributed by atoms with van der Waals surface area (Å²) in [5.41, 5.74) is 6.91. The van der Waals surface area contributed by atoms with Crippen LogP contribution in [0.5, 0.6) is 0 Å². The summed E-state index contributed by atoms with van der Waals surface area (Å²) in [5.74, 6) is 0.488. The van der Waals surface area contributed by atoms with E-state index in [9.17, 15) is 8.42 Å². The second-order valence-corrected chi connectivity index (χ2v) is 7.02. The number of halogens is 1. The monoisotopic (exact) mass is 333 g/mol. The Morgan fingerprint density at radius 3 is 2.48 bits per heavy atom. The van der Waals surface area contributed by atoms with Crippen molar-refractivity contribution in [1.29, 1.82) is 0 Å². The van der Waals surface area contributed by atoms with Crippen molar-refractivity contribution in [3.05, 3.63) is 35.9 Å². The van der Waals surface area contributed by atoms with Gasteiger partial charge in [-0.3, -0.25) is 0 Å². The first kappa shape index (κ1) is 18.4. The molecule has 3 N–H and O–H groups in total. The van der Waals surface area contributed by atoms with Crippen molar-refractivity contribution in [3.63, 3.8) is 0 Å². The molecule has 0 spiro atoms. The lowest BCUT2D eigenvalue weighted by Gasteiger charge is -2.22. The van der Waals surface area contributed by atoms with E-state index in [0.717, 1.165) is 18.4 Å². The van der Waals surface area contributed by atoms with Gasteiger partial charge in [-0.05, 0) is 24.3 Å². The van der Waals surface area contributed by atoms with E-state index in [1.165, 1.54) is 4.31 Å². The van der Waals surface area contributed by atoms with Crippen molar-refractivity contribution < 1.29 is 8.42 Å². The van der Waals surface area contributed by atoms with E-state index in [1.807, 2.05) is 37.3 Å². The van der Waals surface area contributed by atoms with Gasteiger partial charge in [0.15, 0.2) is 0 Å². The Morgan fingerprint density at radius 1 is 1.33 bits per heavy atom. The van der Waals surface area contributed by atoms with Gasteiger partial charge < -0.3 is 5.73 Å². The first-order valence-electron chi connectivity index (χ1n) is 7.07. The summed E-state index contributed by atoms with van der Waals surface area (Å²) in [5, 5.41) is 0. The fraction of sp³-hybridized carbons (Fsp3) is 0.571. The molecule has 1 saturated carbocycles. The van der Waals surface area contributed by atoms with E-state index in [0.29, 0.717) is 25.6 Å². The highest BCUT2D eigenvalue weighted by molar-refractivity contribution is 7.87. The summed E-state index contributed by atoms with van der Waals surface area (Å²) < 4.78 is 28.6. The molecule has 0 radical (unpaired) electrons. The van der Waals surface area contributed by atoms with Crippen LogP contribution >= 0.6 is 12.4 Å². The zero-order chi connectivity index (χ0) is 14.6. The fourth-order valence-corrected chi connectivity index (χ4v) is 3.38. The molecule has 1 aliphatic carbocycles. The van der Waals surface area contributed by atoms with Gasteiger partial charge in [0.1, 0.15) is 0 Å². The standard InChI is InChI=1S/C14H23N3O2S.ClH/c1-2-17(11-12-6-4-3-5-7-12)20(18,19)16-10-14(15)13-8-9-13;/h3-7,13-14,16H,2,8-11,15H2,1H3;1H. The van der Waals surface area contributed by atoms with E-state index in [4.69, 9.17) is 5.73 Å². The van der Waals surface area contributed by atoms with Gasteiger partial charge in [0.05, 0.1) is 0 Å². The van der Waals surface area contributed by atoms with Gasteiger partial charge >= 0.3 is 0 Å². The summed E-state index contributed by atoms with van der Waals surface area (Å²) in [6.07, 6.45) is 2.23. The van der Waals surface area contributed by atoms with E-state index in [2.05, 4.69) is 4.72 Å². The van der Waals surface area contributed by atoms with Crippen LogP contribution in [0.4, 0.5) is 0 Å². The Labute approximate surface area is 133 Å². The van der Waals surface area contributed by atoms with Crippen LogP contribution in [0, 0.1) is 5.92 Å². The van der Waals surface area contributed by atoms with Gasteiger partial charge in [-0.2, -0.15) is 12.7 Å². The molecular formula is C14H24ClN3O2S. The number of nitrogens with one attached hydrogen (secondary N) is 1. The first-order chi connectivity index (χ1) is 9.53. The zero-order valence-corrected chi connectivity index (χ0v) is 13.9. The molecule has 1 unspecified atom stereocenters. The number of hydrogen-bond acceptors (Lipinski definition) is 3. The number of benzene rings is 1. The average Bonchev–Trinajstić information content (AvgIpc) is 3.28. The molecule has 2 rings (SSSR count). The minimum atomic E-state index is -3.47. The molecule has 7 heteroatoms. The van der Waals surface area contributed by atoms with Gasteiger partial charge in [0.25, 0.3) is 10.2 Å². The smallest absolute Gasteiger partial charge is 0.279 e. The number of rotatable bonds is 8. The molecule has 1 atom stereocenters. The first-order valence-corrected chi connectivity index (χ1v) is 8.51. The lowest BCUT2D eigenvalue weighted by atomic mass is 10.2. The SMILES string of the molecule is CCN(Cc1ccccc1)S(=O)(=O)NCC(N)C1CC1.Cl. The highest BCUT2D eigenvalue weighted by Gasteiger charge is 2.30. The van der Waals surface area contributed by atoms with Crippen LogP contribution in [0.3, 0.4) is 0 Å². The Balaban J connectivity index is 0.00000220. The van der Waals surface area contributed by atoms with E-state index in [-0.39, 0.29) is 18.4 Å². The Morgan fingerprint density at radius 2 is 1.95 bits per heavy atom. The minimum absolute atomic E-state index is 0. The maximum absolute atomic E-state index is 12.3. The molecule has 0 heterocycles. The van der Waals surface area contributed by atoms with E-state index >= 15 is 0 Å². The quantitative estimate of drug-likeness (QED) is 0.757. The summed E-state index contributed by atoms with van der Waals surface area (Å²) in [7, 11) is -3.47. The van der Waals surface area contributed by atoms with Crippen LogP contribution in [0.2, 0.25) is 0 Å². The third-order valence-electron chi connectivity index (χ3n) is 3.62. The largest absolute Gasteiger partial charge is 0.326 e. The molecule has 0 bridgehead atoms. The van der Waals surface area contributed by atoms with Gasteiger partial charge in [0, 0.05) is 25.7 Å². The van der Waals surface area contributed by atoms with E-state index in [1.54, 1.807) is 0 Å². The molecule has 21 heavy (non-hydrogen) atoms. The predicted octanol–water partition coefficient (Wildman–Crippen LogP) is 1.50. The molecule has 120 valence electrons. The molecule has 1 aliphatic rings.